The van der Waals surface area contributed by atoms with Crippen LogP contribution in [-0.4, -0.2) is 38.7 Å². The van der Waals surface area contributed by atoms with Gasteiger partial charge in [0.05, 0.1) is 10.7 Å². The second-order valence-electron chi connectivity index (χ2n) is 6.82. The van der Waals surface area contributed by atoms with Crippen LogP contribution in [0.15, 0.2) is 23.8 Å². The molecule has 2 aromatic rings. The molecule has 0 bridgehead atoms. The first-order chi connectivity index (χ1) is 11.6. The maximum atomic E-state index is 12.5. The highest BCUT2D eigenvalue weighted by atomic mass is 32.1. The van der Waals surface area contributed by atoms with Crippen molar-refractivity contribution in [3.8, 4) is 0 Å². The molecule has 0 N–H and O–H groups in total. The van der Waals surface area contributed by atoms with Crippen LogP contribution in [0.4, 0.5) is 0 Å². The van der Waals surface area contributed by atoms with Gasteiger partial charge in [-0.1, -0.05) is 13.8 Å². The van der Waals surface area contributed by atoms with Crippen molar-refractivity contribution in [2.75, 3.05) is 13.1 Å². The number of carbonyl (C=O) groups excluding carboxylic acids is 1. The molecule has 6 heteroatoms. The number of nitrogens with zero attached hydrogens (tertiary/aromatic N) is 4. The molecule has 0 aromatic carbocycles. The number of piperidine rings is 1. The minimum absolute atomic E-state index is 0.271. The molecule has 1 aliphatic heterocycles. The monoisotopic (exact) mass is 346 g/mol. The lowest BCUT2D eigenvalue weighted by atomic mass is 9.98. The predicted molar refractivity (Wildman–Crippen MR) is 96.2 cm³/mol. The highest BCUT2D eigenvalue weighted by molar-refractivity contribution is 7.09. The molecule has 3 heterocycles. The first kappa shape index (κ1) is 17.1. The molecule has 130 valence electrons. The summed E-state index contributed by atoms with van der Waals surface area (Å²) in [6.07, 6.45) is 7.37. The molecular formula is C18H26N4OS. The van der Waals surface area contributed by atoms with Gasteiger partial charge >= 0.3 is 0 Å². The Kier molecular flexibility index (Phi) is 5.66. The molecule has 0 spiro atoms. The van der Waals surface area contributed by atoms with Crippen molar-refractivity contribution in [2.24, 2.45) is 0 Å². The van der Waals surface area contributed by atoms with Gasteiger partial charge in [-0.15, -0.1) is 11.3 Å². The van der Waals surface area contributed by atoms with E-state index in [1.807, 2.05) is 21.8 Å². The average Bonchev–Trinajstić information content (AvgIpc) is 3.26. The maximum absolute atomic E-state index is 12.5. The van der Waals surface area contributed by atoms with E-state index in [2.05, 4.69) is 24.3 Å². The van der Waals surface area contributed by atoms with E-state index >= 15 is 0 Å². The Balaban J connectivity index is 1.51. The molecule has 3 rings (SSSR count). The molecule has 1 saturated heterocycles. The number of aromatic nitrogens is 3. The van der Waals surface area contributed by atoms with Crippen molar-refractivity contribution in [1.82, 2.24) is 19.7 Å². The summed E-state index contributed by atoms with van der Waals surface area (Å²) in [5.41, 5.74) is 1.18. The van der Waals surface area contributed by atoms with Crippen molar-refractivity contribution >= 4 is 17.2 Å². The Morgan fingerprint density at radius 3 is 3.04 bits per heavy atom. The summed E-state index contributed by atoms with van der Waals surface area (Å²) in [5.74, 6) is 1.15. The van der Waals surface area contributed by atoms with Gasteiger partial charge in [-0.3, -0.25) is 9.48 Å². The van der Waals surface area contributed by atoms with E-state index in [4.69, 9.17) is 4.98 Å². The summed E-state index contributed by atoms with van der Waals surface area (Å²) in [6.45, 7) is 6.87. The first-order valence-corrected chi connectivity index (χ1v) is 9.72. The third-order valence-corrected chi connectivity index (χ3v) is 5.62. The molecule has 1 atom stereocenters. The summed E-state index contributed by atoms with van der Waals surface area (Å²) in [7, 11) is 0. The van der Waals surface area contributed by atoms with Crippen molar-refractivity contribution in [3.63, 3.8) is 0 Å². The van der Waals surface area contributed by atoms with Gasteiger partial charge in [-0.2, -0.15) is 5.10 Å². The Hall–Kier alpha value is -1.69. The van der Waals surface area contributed by atoms with Crippen LogP contribution in [0.2, 0.25) is 0 Å². The number of aryl methyl sites for hydroxylation is 1. The van der Waals surface area contributed by atoms with Crippen LogP contribution in [-0.2, 0) is 11.3 Å². The normalized spacial score (nSPS) is 18.3. The molecule has 24 heavy (non-hydrogen) atoms. The largest absolute Gasteiger partial charge is 0.342 e. The lowest BCUT2D eigenvalue weighted by Crippen LogP contribution is -2.39. The summed E-state index contributed by atoms with van der Waals surface area (Å²) in [5, 5.41) is 7.55. The third kappa shape index (κ3) is 4.23. The van der Waals surface area contributed by atoms with Crippen molar-refractivity contribution < 1.29 is 4.79 Å². The minimum Gasteiger partial charge on any atom is -0.342 e. The molecular weight excluding hydrogens is 320 g/mol. The highest BCUT2D eigenvalue weighted by Crippen LogP contribution is 2.31. The lowest BCUT2D eigenvalue weighted by Gasteiger charge is -2.32. The number of likely N-dealkylation sites (tertiary alicyclic amines) is 1. The standard InChI is InChI=1S/C18H26N4OS/c1-14(2)16-13-24-18(20-16)15-6-3-9-21(12-15)17(23)7-4-10-22-11-5-8-19-22/h5,8,11,13-15H,3-4,6-7,9-10,12H2,1-2H3. The van der Waals surface area contributed by atoms with Gasteiger partial charge in [0.15, 0.2) is 0 Å². The van der Waals surface area contributed by atoms with E-state index in [0.29, 0.717) is 18.3 Å². The van der Waals surface area contributed by atoms with E-state index < -0.39 is 0 Å². The van der Waals surface area contributed by atoms with Gasteiger partial charge in [-0.25, -0.2) is 4.98 Å². The van der Waals surface area contributed by atoms with E-state index in [1.54, 1.807) is 17.5 Å². The number of rotatable bonds is 6. The fraction of sp³-hybridized carbons (Fsp3) is 0.611. The zero-order chi connectivity index (χ0) is 16.9. The maximum Gasteiger partial charge on any atom is 0.222 e. The molecule has 0 saturated carbocycles. The molecule has 0 radical (unpaired) electrons. The van der Waals surface area contributed by atoms with Crippen LogP contribution in [0.1, 0.15) is 62.1 Å². The SMILES string of the molecule is CC(C)c1csc(C2CCCN(C(=O)CCCn3cccn3)C2)n1. The van der Waals surface area contributed by atoms with Crippen LogP contribution < -0.4 is 0 Å². The van der Waals surface area contributed by atoms with Crippen LogP contribution in [0, 0.1) is 0 Å². The predicted octanol–water partition coefficient (Wildman–Crippen LogP) is 3.65. The molecule has 1 unspecified atom stereocenters. The van der Waals surface area contributed by atoms with E-state index in [-0.39, 0.29) is 5.91 Å². The zero-order valence-electron chi connectivity index (χ0n) is 14.5. The van der Waals surface area contributed by atoms with Gasteiger partial charge in [0.2, 0.25) is 5.91 Å². The molecule has 1 fully saturated rings. The smallest absolute Gasteiger partial charge is 0.222 e. The number of carbonyl (C=O) groups is 1. The Morgan fingerprint density at radius 2 is 2.33 bits per heavy atom. The fourth-order valence-corrected chi connectivity index (χ4v) is 4.25. The molecule has 5 nitrogen and oxygen atoms in total. The van der Waals surface area contributed by atoms with Crippen LogP contribution in [0.25, 0.3) is 0 Å². The first-order valence-electron chi connectivity index (χ1n) is 8.84. The quantitative estimate of drug-likeness (QED) is 0.802. The highest BCUT2D eigenvalue weighted by Gasteiger charge is 2.26. The Morgan fingerprint density at radius 1 is 1.46 bits per heavy atom. The summed E-state index contributed by atoms with van der Waals surface area (Å²) >= 11 is 1.75. The Labute approximate surface area is 147 Å². The zero-order valence-corrected chi connectivity index (χ0v) is 15.3. The molecule has 2 aromatic heterocycles. The summed E-state index contributed by atoms with van der Waals surface area (Å²) in [4.78, 5) is 19.3. The molecule has 1 amide bonds. The summed E-state index contributed by atoms with van der Waals surface area (Å²) < 4.78 is 1.88. The van der Waals surface area contributed by atoms with E-state index in [0.717, 1.165) is 38.9 Å². The lowest BCUT2D eigenvalue weighted by molar-refractivity contribution is -0.132. The second-order valence-corrected chi connectivity index (χ2v) is 7.71. The van der Waals surface area contributed by atoms with Crippen LogP contribution >= 0.6 is 11.3 Å². The minimum atomic E-state index is 0.271. The topological polar surface area (TPSA) is 51.0 Å². The van der Waals surface area contributed by atoms with Crippen LogP contribution in [0.3, 0.4) is 0 Å². The van der Waals surface area contributed by atoms with Crippen LogP contribution in [0.5, 0.6) is 0 Å². The summed E-state index contributed by atoms with van der Waals surface area (Å²) in [6, 6.07) is 1.91. The second kappa shape index (κ2) is 7.92. The average molecular weight is 346 g/mol. The fourth-order valence-electron chi connectivity index (χ4n) is 3.14. The molecule has 0 aliphatic carbocycles. The van der Waals surface area contributed by atoms with Crippen molar-refractivity contribution in [2.45, 2.75) is 57.9 Å². The number of thiazole rings is 1. The van der Waals surface area contributed by atoms with Gasteiger partial charge < -0.3 is 4.90 Å². The van der Waals surface area contributed by atoms with Crippen molar-refractivity contribution in [1.29, 1.82) is 0 Å². The van der Waals surface area contributed by atoms with Gasteiger partial charge in [0, 0.05) is 49.7 Å². The van der Waals surface area contributed by atoms with Crippen molar-refractivity contribution in [3.05, 3.63) is 34.5 Å². The molecule has 1 aliphatic rings. The van der Waals surface area contributed by atoms with E-state index in [1.165, 1.54) is 10.7 Å². The van der Waals surface area contributed by atoms with Gasteiger partial charge in [0.1, 0.15) is 0 Å². The van der Waals surface area contributed by atoms with Gasteiger partial charge in [-0.05, 0) is 31.2 Å². The number of hydrogen-bond donors (Lipinski definition) is 0. The van der Waals surface area contributed by atoms with Gasteiger partial charge in [0.25, 0.3) is 0 Å². The Bertz CT molecular complexity index is 650. The van der Waals surface area contributed by atoms with E-state index in [9.17, 15) is 4.79 Å². The number of hydrogen-bond acceptors (Lipinski definition) is 4. The number of amides is 1. The third-order valence-electron chi connectivity index (χ3n) is 4.59.